The highest BCUT2D eigenvalue weighted by molar-refractivity contribution is 6.35. The summed E-state index contributed by atoms with van der Waals surface area (Å²) in [5.41, 5.74) is 1.70. The Hall–Kier alpha value is -1.12. The monoisotopic (exact) mass is 223 g/mol. The minimum Gasteiger partial charge on any atom is -0.392 e. The quantitative estimate of drug-likeness (QED) is 0.804. The molecule has 1 aromatic heterocycles. The lowest BCUT2D eigenvalue weighted by molar-refractivity contribution is 0.282. The minimum absolute atomic E-state index is 0.0289. The molecule has 1 heterocycles. The van der Waals surface area contributed by atoms with Crippen molar-refractivity contribution in [1.29, 1.82) is 0 Å². The van der Waals surface area contributed by atoms with Crippen molar-refractivity contribution < 1.29 is 5.11 Å². The number of aliphatic hydroxyl groups excluding tert-OH is 1. The van der Waals surface area contributed by atoms with Crippen LogP contribution in [-0.4, -0.2) is 10.1 Å². The summed E-state index contributed by atoms with van der Waals surface area (Å²) in [5.74, 6) is 0. The third-order valence-electron chi connectivity index (χ3n) is 1.94. The van der Waals surface area contributed by atoms with E-state index in [4.69, 9.17) is 16.7 Å². The number of aromatic nitrogens is 1. The zero-order valence-corrected chi connectivity index (χ0v) is 9.62. The number of hydrogen-bond acceptors (Lipinski definition) is 2. The molecule has 15 heavy (non-hydrogen) atoms. The van der Waals surface area contributed by atoms with Crippen molar-refractivity contribution in [3.8, 4) is 0 Å². The molecule has 0 spiro atoms. The first kappa shape index (κ1) is 12.0. The van der Waals surface area contributed by atoms with E-state index >= 15 is 0 Å². The maximum Gasteiger partial charge on any atom is 0.0717 e. The van der Waals surface area contributed by atoms with Crippen molar-refractivity contribution in [2.24, 2.45) is 0 Å². The Morgan fingerprint density at radius 2 is 2.00 bits per heavy atom. The predicted octanol–water partition coefficient (Wildman–Crippen LogP) is 3.41. The molecule has 0 amide bonds. The van der Waals surface area contributed by atoms with E-state index in [9.17, 15) is 0 Å². The van der Waals surface area contributed by atoms with Crippen LogP contribution in [0.15, 0.2) is 30.5 Å². The molecule has 0 atom stereocenters. The van der Waals surface area contributed by atoms with E-state index in [1.54, 1.807) is 12.3 Å². The van der Waals surface area contributed by atoms with Crippen LogP contribution < -0.4 is 0 Å². The molecule has 0 unspecified atom stereocenters. The summed E-state index contributed by atoms with van der Waals surface area (Å²) in [4.78, 5) is 4.15. The summed E-state index contributed by atoms with van der Waals surface area (Å²) in [7, 11) is 0. The van der Waals surface area contributed by atoms with Crippen LogP contribution in [0.2, 0.25) is 5.02 Å². The van der Waals surface area contributed by atoms with Crippen molar-refractivity contribution in [3.63, 3.8) is 0 Å². The SMILES string of the molecule is CC.OCc1ccc2nccc(Cl)c2c1. The maximum atomic E-state index is 8.92. The molecule has 80 valence electrons. The largest absolute Gasteiger partial charge is 0.392 e. The van der Waals surface area contributed by atoms with Gasteiger partial charge in [0.15, 0.2) is 0 Å². The van der Waals surface area contributed by atoms with Crippen LogP contribution in [0.25, 0.3) is 10.9 Å². The lowest BCUT2D eigenvalue weighted by Gasteiger charge is -2.01. The number of halogens is 1. The van der Waals surface area contributed by atoms with Crippen molar-refractivity contribution in [1.82, 2.24) is 4.98 Å². The summed E-state index contributed by atoms with van der Waals surface area (Å²) >= 11 is 5.96. The molecule has 2 aromatic rings. The minimum atomic E-state index is 0.0289. The summed E-state index contributed by atoms with van der Waals surface area (Å²) in [6, 6.07) is 7.29. The molecule has 0 aliphatic carbocycles. The van der Waals surface area contributed by atoms with Crippen molar-refractivity contribution in [2.45, 2.75) is 20.5 Å². The molecule has 2 rings (SSSR count). The zero-order chi connectivity index (χ0) is 11.3. The molecule has 0 bridgehead atoms. The van der Waals surface area contributed by atoms with Gasteiger partial charge in [-0.1, -0.05) is 31.5 Å². The molecule has 1 aromatic carbocycles. The number of rotatable bonds is 1. The highest BCUT2D eigenvalue weighted by Gasteiger charge is 1.99. The average molecular weight is 224 g/mol. The fourth-order valence-electron chi connectivity index (χ4n) is 1.26. The standard InChI is InChI=1S/C10H8ClNO.C2H6/c11-9-3-4-12-10-2-1-7(6-13)5-8(9)10;1-2/h1-5,13H,6H2;1-2H3. The normalized spacial score (nSPS) is 9.60. The first-order valence-electron chi connectivity index (χ1n) is 4.95. The van der Waals surface area contributed by atoms with Gasteiger partial charge in [0, 0.05) is 11.6 Å². The van der Waals surface area contributed by atoms with Gasteiger partial charge in [-0.15, -0.1) is 0 Å². The van der Waals surface area contributed by atoms with Gasteiger partial charge in [0.25, 0.3) is 0 Å². The Kier molecular flexibility index (Phi) is 4.53. The van der Waals surface area contributed by atoms with Gasteiger partial charge in [0.1, 0.15) is 0 Å². The van der Waals surface area contributed by atoms with E-state index < -0.39 is 0 Å². The zero-order valence-electron chi connectivity index (χ0n) is 8.87. The van der Waals surface area contributed by atoms with E-state index in [0.29, 0.717) is 5.02 Å². The van der Waals surface area contributed by atoms with Crippen molar-refractivity contribution in [3.05, 3.63) is 41.0 Å². The molecule has 3 heteroatoms. The fourth-order valence-corrected chi connectivity index (χ4v) is 1.47. The van der Waals surface area contributed by atoms with Crippen LogP contribution in [0.5, 0.6) is 0 Å². The van der Waals surface area contributed by atoms with Crippen molar-refractivity contribution >= 4 is 22.5 Å². The second-order valence-electron chi connectivity index (χ2n) is 2.80. The van der Waals surface area contributed by atoms with Gasteiger partial charge >= 0.3 is 0 Å². The number of aliphatic hydroxyl groups is 1. The summed E-state index contributed by atoms with van der Waals surface area (Å²) in [6.45, 7) is 4.03. The Bertz CT molecular complexity index is 443. The smallest absolute Gasteiger partial charge is 0.0717 e. The highest BCUT2D eigenvalue weighted by atomic mass is 35.5. The summed E-state index contributed by atoms with van der Waals surface area (Å²) < 4.78 is 0. The third-order valence-corrected chi connectivity index (χ3v) is 2.26. The van der Waals surface area contributed by atoms with E-state index in [2.05, 4.69) is 4.98 Å². The molecule has 0 fully saturated rings. The molecule has 0 aliphatic heterocycles. The predicted molar refractivity (Wildman–Crippen MR) is 64.0 cm³/mol. The van der Waals surface area contributed by atoms with Crippen LogP contribution in [-0.2, 0) is 6.61 Å². The van der Waals surface area contributed by atoms with Crippen molar-refractivity contribution in [2.75, 3.05) is 0 Å². The van der Waals surface area contributed by atoms with Gasteiger partial charge < -0.3 is 5.11 Å². The molecule has 0 aliphatic rings. The number of benzene rings is 1. The Morgan fingerprint density at radius 1 is 1.27 bits per heavy atom. The van der Waals surface area contributed by atoms with Crippen LogP contribution >= 0.6 is 11.6 Å². The van der Waals surface area contributed by atoms with Gasteiger partial charge in [0.05, 0.1) is 17.1 Å². The average Bonchev–Trinajstić information content (AvgIpc) is 2.32. The lowest BCUT2D eigenvalue weighted by atomic mass is 10.1. The van der Waals surface area contributed by atoms with E-state index in [1.807, 2.05) is 32.0 Å². The Morgan fingerprint density at radius 3 is 2.67 bits per heavy atom. The lowest BCUT2D eigenvalue weighted by Crippen LogP contribution is -1.85. The van der Waals surface area contributed by atoms with Gasteiger partial charge in [0.2, 0.25) is 0 Å². The van der Waals surface area contributed by atoms with E-state index in [0.717, 1.165) is 16.5 Å². The number of fused-ring (bicyclic) bond motifs is 1. The highest BCUT2D eigenvalue weighted by Crippen LogP contribution is 2.22. The molecule has 0 saturated heterocycles. The summed E-state index contributed by atoms with van der Waals surface area (Å²) in [6.07, 6.45) is 1.67. The molecule has 0 saturated carbocycles. The van der Waals surface area contributed by atoms with Gasteiger partial charge in [-0.3, -0.25) is 4.98 Å². The molecule has 2 nitrogen and oxygen atoms in total. The number of hydrogen-bond donors (Lipinski definition) is 1. The first-order chi connectivity index (χ1) is 7.31. The van der Waals surface area contributed by atoms with Gasteiger partial charge in [-0.2, -0.15) is 0 Å². The first-order valence-corrected chi connectivity index (χ1v) is 5.33. The molecule has 0 radical (unpaired) electrons. The Balaban J connectivity index is 0.000000531. The van der Waals surface area contributed by atoms with Gasteiger partial charge in [-0.25, -0.2) is 0 Å². The molecular formula is C12H14ClNO. The van der Waals surface area contributed by atoms with E-state index in [-0.39, 0.29) is 6.61 Å². The topological polar surface area (TPSA) is 33.1 Å². The molecule has 1 N–H and O–H groups in total. The number of nitrogens with zero attached hydrogens (tertiary/aromatic N) is 1. The summed E-state index contributed by atoms with van der Waals surface area (Å²) in [5, 5.41) is 10.5. The second-order valence-corrected chi connectivity index (χ2v) is 3.21. The van der Waals surface area contributed by atoms with Crippen LogP contribution in [0, 0.1) is 0 Å². The Labute approximate surface area is 94.5 Å². The third kappa shape index (κ3) is 2.67. The maximum absolute atomic E-state index is 8.92. The van der Waals surface area contributed by atoms with Crippen LogP contribution in [0.4, 0.5) is 0 Å². The van der Waals surface area contributed by atoms with Crippen LogP contribution in [0.1, 0.15) is 19.4 Å². The second kappa shape index (κ2) is 5.69. The number of pyridine rings is 1. The van der Waals surface area contributed by atoms with Crippen LogP contribution in [0.3, 0.4) is 0 Å². The molecular weight excluding hydrogens is 210 g/mol. The van der Waals surface area contributed by atoms with E-state index in [1.165, 1.54) is 0 Å². The van der Waals surface area contributed by atoms with Gasteiger partial charge in [-0.05, 0) is 23.8 Å². The fraction of sp³-hybridized carbons (Fsp3) is 0.250.